The summed E-state index contributed by atoms with van der Waals surface area (Å²) in [6.07, 6.45) is 13.9. The first-order valence-corrected chi connectivity index (χ1v) is 8.59. The van der Waals surface area contributed by atoms with Crippen molar-refractivity contribution in [1.29, 1.82) is 0 Å². The van der Waals surface area contributed by atoms with Gasteiger partial charge in [0, 0.05) is 20.1 Å². The van der Waals surface area contributed by atoms with Crippen molar-refractivity contribution in [1.82, 2.24) is 10.2 Å². The molecule has 0 aliphatic heterocycles. The van der Waals surface area contributed by atoms with Gasteiger partial charge in [0.15, 0.2) is 0 Å². The molecule has 1 atom stereocenters. The highest BCUT2D eigenvalue weighted by molar-refractivity contribution is 5.73. The Bertz CT molecular complexity index is 229. The fraction of sp³-hybridized carbons (Fsp3) is 0.941. The molecule has 20 heavy (non-hydrogen) atoms. The minimum Gasteiger partial charge on any atom is -0.335 e. The van der Waals surface area contributed by atoms with Crippen LogP contribution in [-0.4, -0.2) is 31.1 Å². The number of carbonyl (C=O) groups is 1. The van der Waals surface area contributed by atoms with Crippen LogP contribution in [0.1, 0.15) is 84.5 Å². The summed E-state index contributed by atoms with van der Waals surface area (Å²) in [5.41, 5.74) is 0. The van der Waals surface area contributed by atoms with Gasteiger partial charge in [0.2, 0.25) is 0 Å². The van der Waals surface area contributed by atoms with Crippen molar-refractivity contribution >= 4 is 6.03 Å². The third-order valence-electron chi connectivity index (χ3n) is 3.80. The van der Waals surface area contributed by atoms with E-state index in [1.807, 2.05) is 14.1 Å². The Hall–Kier alpha value is -0.730. The molecule has 3 heteroatoms. The van der Waals surface area contributed by atoms with Crippen LogP contribution >= 0.6 is 0 Å². The number of rotatable bonds is 12. The molecule has 2 amide bonds. The molecule has 0 unspecified atom stereocenters. The number of carbonyl (C=O) groups excluding carboxylic acids is 1. The lowest BCUT2D eigenvalue weighted by Crippen LogP contribution is -2.41. The second-order valence-electron chi connectivity index (χ2n) is 6.09. The normalized spacial score (nSPS) is 12.2. The molecule has 0 spiro atoms. The first-order chi connectivity index (χ1) is 9.61. The third kappa shape index (κ3) is 11.1. The van der Waals surface area contributed by atoms with Gasteiger partial charge in [-0.3, -0.25) is 0 Å². The van der Waals surface area contributed by atoms with Crippen molar-refractivity contribution in [2.45, 2.75) is 90.5 Å². The zero-order chi connectivity index (χ0) is 15.2. The number of nitrogens with zero attached hydrogens (tertiary/aromatic N) is 1. The van der Waals surface area contributed by atoms with Crippen molar-refractivity contribution in [3.8, 4) is 0 Å². The predicted molar refractivity (Wildman–Crippen MR) is 88.1 cm³/mol. The minimum absolute atomic E-state index is 0.0547. The lowest BCUT2D eigenvalue weighted by atomic mass is 10.0. The van der Waals surface area contributed by atoms with Crippen LogP contribution in [0.5, 0.6) is 0 Å². The highest BCUT2D eigenvalue weighted by atomic mass is 16.2. The zero-order valence-electron chi connectivity index (χ0n) is 14.2. The monoisotopic (exact) mass is 284 g/mol. The maximum atomic E-state index is 11.8. The van der Waals surface area contributed by atoms with Gasteiger partial charge < -0.3 is 10.2 Å². The van der Waals surface area contributed by atoms with Crippen molar-refractivity contribution in [3.05, 3.63) is 0 Å². The summed E-state index contributed by atoms with van der Waals surface area (Å²) >= 11 is 0. The van der Waals surface area contributed by atoms with Gasteiger partial charge in [0.25, 0.3) is 0 Å². The van der Waals surface area contributed by atoms with Crippen LogP contribution in [0, 0.1) is 0 Å². The lowest BCUT2D eigenvalue weighted by molar-refractivity contribution is 0.211. The molecule has 0 aromatic rings. The number of hydrogen-bond acceptors (Lipinski definition) is 1. The molecule has 0 bridgehead atoms. The van der Waals surface area contributed by atoms with Crippen LogP contribution in [0.15, 0.2) is 0 Å². The molecule has 120 valence electrons. The number of unbranched alkanes of at least 4 members (excludes halogenated alkanes) is 7. The second-order valence-corrected chi connectivity index (χ2v) is 6.09. The van der Waals surface area contributed by atoms with Crippen molar-refractivity contribution < 1.29 is 4.79 Å². The highest BCUT2D eigenvalue weighted by Crippen LogP contribution is 2.13. The predicted octanol–water partition coefficient (Wildman–Crippen LogP) is 4.96. The summed E-state index contributed by atoms with van der Waals surface area (Å²) in [5, 5.41) is 3.17. The van der Waals surface area contributed by atoms with Crippen LogP contribution in [-0.2, 0) is 0 Å². The smallest absolute Gasteiger partial charge is 0.317 e. The molecule has 0 aliphatic carbocycles. The molecule has 0 fully saturated rings. The van der Waals surface area contributed by atoms with Crippen molar-refractivity contribution in [3.63, 3.8) is 0 Å². The average molecular weight is 284 g/mol. The number of urea groups is 1. The Balaban J connectivity index is 3.94. The quantitative estimate of drug-likeness (QED) is 0.505. The first kappa shape index (κ1) is 19.3. The first-order valence-electron chi connectivity index (χ1n) is 8.59. The molecule has 0 saturated carbocycles. The summed E-state index contributed by atoms with van der Waals surface area (Å²) in [4.78, 5) is 13.4. The zero-order valence-corrected chi connectivity index (χ0v) is 14.2. The fourth-order valence-electron chi connectivity index (χ4n) is 2.40. The maximum absolute atomic E-state index is 11.8. The summed E-state index contributed by atoms with van der Waals surface area (Å²) in [7, 11) is 3.62. The summed E-state index contributed by atoms with van der Waals surface area (Å²) in [6, 6.07) is 0.419. The minimum atomic E-state index is 0.0547. The Kier molecular flexibility index (Phi) is 12.8. The molecule has 1 N–H and O–H groups in total. The summed E-state index contributed by atoms with van der Waals surface area (Å²) in [5.74, 6) is 0. The van der Waals surface area contributed by atoms with E-state index in [0.717, 1.165) is 12.8 Å². The molecule has 0 saturated heterocycles. The van der Waals surface area contributed by atoms with E-state index in [1.54, 1.807) is 4.90 Å². The number of nitrogens with one attached hydrogen (secondary N) is 1. The molecule has 0 radical (unpaired) electrons. The van der Waals surface area contributed by atoms with Crippen LogP contribution in [0.25, 0.3) is 0 Å². The van der Waals surface area contributed by atoms with Crippen LogP contribution < -0.4 is 5.32 Å². The van der Waals surface area contributed by atoms with E-state index in [-0.39, 0.29) is 6.03 Å². The number of amides is 2. The van der Waals surface area contributed by atoms with Gasteiger partial charge in [-0.25, -0.2) is 4.79 Å². The Morgan fingerprint density at radius 3 is 1.75 bits per heavy atom. The second kappa shape index (κ2) is 13.3. The van der Waals surface area contributed by atoms with Crippen molar-refractivity contribution in [2.75, 3.05) is 14.1 Å². The largest absolute Gasteiger partial charge is 0.335 e. The average Bonchev–Trinajstić information content (AvgIpc) is 2.42. The standard InChI is InChI=1S/C17H36N2O/c1-5-7-9-11-13-15-16(14-12-10-8-6-2)18-17(20)19(3)4/h16H,5-15H2,1-4H3,(H,18,20)/t16-/m1/s1. The van der Waals surface area contributed by atoms with Gasteiger partial charge in [0.1, 0.15) is 0 Å². The Labute approximate surface area is 126 Å². The van der Waals surface area contributed by atoms with Crippen LogP contribution in [0.4, 0.5) is 4.79 Å². The molecule has 0 rings (SSSR count). The molecule has 0 heterocycles. The summed E-state index contributed by atoms with van der Waals surface area (Å²) < 4.78 is 0. The Morgan fingerprint density at radius 1 is 0.850 bits per heavy atom. The van der Waals surface area contributed by atoms with Gasteiger partial charge in [-0.05, 0) is 12.8 Å². The molecular formula is C17H36N2O. The van der Waals surface area contributed by atoms with E-state index >= 15 is 0 Å². The van der Waals surface area contributed by atoms with E-state index in [9.17, 15) is 4.79 Å². The molecular weight excluding hydrogens is 248 g/mol. The van der Waals surface area contributed by atoms with E-state index in [4.69, 9.17) is 0 Å². The van der Waals surface area contributed by atoms with Gasteiger partial charge >= 0.3 is 6.03 Å². The van der Waals surface area contributed by atoms with Gasteiger partial charge in [0.05, 0.1) is 0 Å². The SMILES string of the molecule is CCCCCCC[C@@H](CCCCCC)NC(=O)N(C)C. The topological polar surface area (TPSA) is 32.3 Å². The lowest BCUT2D eigenvalue weighted by Gasteiger charge is -2.21. The van der Waals surface area contributed by atoms with E-state index in [2.05, 4.69) is 19.2 Å². The summed E-state index contributed by atoms with van der Waals surface area (Å²) in [6.45, 7) is 4.48. The number of hydrogen-bond donors (Lipinski definition) is 1. The Morgan fingerprint density at radius 2 is 1.30 bits per heavy atom. The molecule has 0 aliphatic rings. The van der Waals surface area contributed by atoms with Gasteiger partial charge in [-0.15, -0.1) is 0 Å². The highest BCUT2D eigenvalue weighted by Gasteiger charge is 2.12. The van der Waals surface area contributed by atoms with Crippen LogP contribution in [0.2, 0.25) is 0 Å². The van der Waals surface area contributed by atoms with Gasteiger partial charge in [-0.1, -0.05) is 71.6 Å². The maximum Gasteiger partial charge on any atom is 0.317 e. The van der Waals surface area contributed by atoms with Crippen molar-refractivity contribution in [2.24, 2.45) is 0 Å². The third-order valence-corrected chi connectivity index (χ3v) is 3.80. The fourth-order valence-corrected chi connectivity index (χ4v) is 2.40. The van der Waals surface area contributed by atoms with E-state index in [0.29, 0.717) is 6.04 Å². The molecule has 0 aromatic heterocycles. The molecule has 3 nitrogen and oxygen atoms in total. The molecule has 0 aromatic carbocycles. The van der Waals surface area contributed by atoms with E-state index < -0.39 is 0 Å². The van der Waals surface area contributed by atoms with Crippen LogP contribution in [0.3, 0.4) is 0 Å². The van der Waals surface area contributed by atoms with Gasteiger partial charge in [-0.2, -0.15) is 0 Å². The van der Waals surface area contributed by atoms with E-state index in [1.165, 1.54) is 57.8 Å².